The van der Waals surface area contributed by atoms with Crippen molar-refractivity contribution in [2.75, 3.05) is 6.61 Å². The van der Waals surface area contributed by atoms with Crippen LogP contribution in [0.1, 0.15) is 20.8 Å². The standard InChI is InChI=1S/C11H16O8/c1-5(13)16-9-8(4-12)19-11(18-7(3)15)10(9)17-6(2)14/h8-12H,4H2,1-3H3/t8-,9-,10+,11+/m1/s1. The molecule has 1 aliphatic heterocycles. The number of rotatable bonds is 4. The van der Waals surface area contributed by atoms with Crippen molar-refractivity contribution in [3.63, 3.8) is 0 Å². The molecular weight excluding hydrogens is 260 g/mol. The first-order valence-corrected chi connectivity index (χ1v) is 5.63. The second-order valence-electron chi connectivity index (χ2n) is 3.98. The molecule has 0 bridgehead atoms. The average Bonchev–Trinajstić information content (AvgIpc) is 2.55. The van der Waals surface area contributed by atoms with Crippen molar-refractivity contribution in [2.45, 2.75) is 45.4 Å². The lowest BCUT2D eigenvalue weighted by atomic mass is 10.1. The summed E-state index contributed by atoms with van der Waals surface area (Å²) >= 11 is 0. The van der Waals surface area contributed by atoms with Gasteiger partial charge >= 0.3 is 17.9 Å². The lowest BCUT2D eigenvalue weighted by Crippen LogP contribution is -2.41. The van der Waals surface area contributed by atoms with Gasteiger partial charge < -0.3 is 24.1 Å². The van der Waals surface area contributed by atoms with Gasteiger partial charge in [0.15, 0.2) is 6.10 Å². The molecule has 0 amide bonds. The second kappa shape index (κ2) is 6.48. The Kier molecular flexibility index (Phi) is 5.25. The van der Waals surface area contributed by atoms with E-state index in [1.165, 1.54) is 6.92 Å². The molecule has 0 aromatic rings. The summed E-state index contributed by atoms with van der Waals surface area (Å²) in [5.74, 6) is -1.93. The molecule has 0 aromatic carbocycles. The van der Waals surface area contributed by atoms with Gasteiger partial charge in [0.2, 0.25) is 12.4 Å². The smallest absolute Gasteiger partial charge is 0.305 e. The molecule has 1 N–H and O–H groups in total. The van der Waals surface area contributed by atoms with E-state index in [4.69, 9.17) is 24.1 Å². The summed E-state index contributed by atoms with van der Waals surface area (Å²) in [6.07, 6.45) is -4.29. The van der Waals surface area contributed by atoms with Gasteiger partial charge in [0.25, 0.3) is 0 Å². The molecule has 0 radical (unpaired) electrons. The van der Waals surface area contributed by atoms with Gasteiger partial charge in [-0.25, -0.2) is 0 Å². The molecule has 0 saturated carbocycles. The van der Waals surface area contributed by atoms with E-state index in [9.17, 15) is 14.4 Å². The number of aliphatic hydroxyl groups is 1. The predicted octanol–water partition coefficient (Wildman–Crippen LogP) is -0.870. The van der Waals surface area contributed by atoms with Crippen LogP contribution in [0.25, 0.3) is 0 Å². The molecule has 0 aliphatic carbocycles. The lowest BCUT2D eigenvalue weighted by Gasteiger charge is -2.22. The Labute approximate surface area is 109 Å². The van der Waals surface area contributed by atoms with E-state index in [1.54, 1.807) is 0 Å². The van der Waals surface area contributed by atoms with Gasteiger partial charge in [-0.2, -0.15) is 0 Å². The zero-order chi connectivity index (χ0) is 14.6. The fraction of sp³-hybridized carbons (Fsp3) is 0.727. The maximum Gasteiger partial charge on any atom is 0.305 e. The van der Waals surface area contributed by atoms with Crippen LogP contribution in [-0.2, 0) is 33.3 Å². The third-order valence-corrected chi connectivity index (χ3v) is 2.33. The molecule has 108 valence electrons. The average molecular weight is 276 g/mol. The fourth-order valence-corrected chi connectivity index (χ4v) is 1.75. The molecule has 1 heterocycles. The van der Waals surface area contributed by atoms with Gasteiger partial charge in [-0.3, -0.25) is 14.4 Å². The Morgan fingerprint density at radius 1 is 0.947 bits per heavy atom. The highest BCUT2D eigenvalue weighted by atomic mass is 16.7. The maximum atomic E-state index is 11.0. The first-order valence-electron chi connectivity index (χ1n) is 5.63. The summed E-state index contributed by atoms with van der Waals surface area (Å²) in [6, 6.07) is 0. The number of aliphatic hydroxyl groups excluding tert-OH is 1. The Morgan fingerprint density at radius 2 is 1.42 bits per heavy atom. The fourth-order valence-electron chi connectivity index (χ4n) is 1.75. The van der Waals surface area contributed by atoms with E-state index >= 15 is 0 Å². The highest BCUT2D eigenvalue weighted by molar-refractivity contribution is 5.68. The quantitative estimate of drug-likeness (QED) is 0.521. The van der Waals surface area contributed by atoms with Crippen molar-refractivity contribution >= 4 is 17.9 Å². The van der Waals surface area contributed by atoms with Crippen molar-refractivity contribution in [1.29, 1.82) is 0 Å². The summed E-state index contributed by atoms with van der Waals surface area (Å²) in [6.45, 7) is 3.00. The van der Waals surface area contributed by atoms with Gasteiger partial charge in [-0.15, -0.1) is 0 Å². The van der Waals surface area contributed by atoms with E-state index in [2.05, 4.69) is 0 Å². The minimum absolute atomic E-state index is 0.479. The van der Waals surface area contributed by atoms with E-state index in [0.29, 0.717) is 0 Å². The molecule has 1 aliphatic rings. The van der Waals surface area contributed by atoms with Crippen LogP contribution in [0, 0.1) is 0 Å². The monoisotopic (exact) mass is 276 g/mol. The van der Waals surface area contributed by atoms with E-state index in [0.717, 1.165) is 13.8 Å². The van der Waals surface area contributed by atoms with Crippen LogP contribution in [0.5, 0.6) is 0 Å². The van der Waals surface area contributed by atoms with Crippen LogP contribution in [0.15, 0.2) is 0 Å². The summed E-state index contributed by atoms with van der Waals surface area (Å²) in [7, 11) is 0. The second-order valence-corrected chi connectivity index (χ2v) is 3.98. The van der Waals surface area contributed by atoms with Crippen LogP contribution in [0.4, 0.5) is 0 Å². The predicted molar refractivity (Wildman–Crippen MR) is 58.6 cm³/mol. The third-order valence-electron chi connectivity index (χ3n) is 2.33. The number of carbonyl (C=O) groups excluding carboxylic acids is 3. The zero-order valence-corrected chi connectivity index (χ0v) is 10.8. The number of esters is 3. The summed E-state index contributed by atoms with van der Waals surface area (Å²) in [5, 5.41) is 9.16. The summed E-state index contributed by atoms with van der Waals surface area (Å²) < 4.78 is 19.9. The van der Waals surface area contributed by atoms with Crippen LogP contribution >= 0.6 is 0 Å². The van der Waals surface area contributed by atoms with Crippen LogP contribution < -0.4 is 0 Å². The molecule has 4 atom stereocenters. The first-order chi connectivity index (χ1) is 8.85. The lowest BCUT2D eigenvalue weighted by molar-refractivity contribution is -0.196. The molecule has 1 rings (SSSR count). The highest BCUT2D eigenvalue weighted by Crippen LogP contribution is 2.27. The number of carbonyl (C=O) groups is 3. The summed E-state index contributed by atoms with van der Waals surface area (Å²) in [5.41, 5.74) is 0. The summed E-state index contributed by atoms with van der Waals surface area (Å²) in [4.78, 5) is 33.0. The van der Waals surface area contributed by atoms with Crippen molar-refractivity contribution in [2.24, 2.45) is 0 Å². The molecule has 0 aromatic heterocycles. The number of hydrogen-bond donors (Lipinski definition) is 1. The Hall–Kier alpha value is -1.67. The molecule has 0 unspecified atom stereocenters. The van der Waals surface area contributed by atoms with Crippen LogP contribution in [0.2, 0.25) is 0 Å². The SMILES string of the molecule is CC(=O)O[C@H]1O[C@H](CO)[C@@H](OC(C)=O)[C@@H]1OC(C)=O. The molecule has 1 saturated heterocycles. The molecular formula is C11H16O8. The highest BCUT2D eigenvalue weighted by Gasteiger charge is 2.50. The van der Waals surface area contributed by atoms with Crippen molar-refractivity contribution in [3.8, 4) is 0 Å². The molecule has 1 fully saturated rings. The van der Waals surface area contributed by atoms with Gasteiger partial charge in [0.1, 0.15) is 6.10 Å². The van der Waals surface area contributed by atoms with E-state index in [1.807, 2.05) is 0 Å². The molecule has 19 heavy (non-hydrogen) atoms. The van der Waals surface area contributed by atoms with Crippen molar-refractivity contribution < 1.29 is 38.4 Å². The molecule has 0 spiro atoms. The maximum absolute atomic E-state index is 11.0. The number of ether oxygens (including phenoxy) is 4. The van der Waals surface area contributed by atoms with E-state index < -0.39 is 49.1 Å². The number of hydrogen-bond acceptors (Lipinski definition) is 8. The minimum atomic E-state index is -1.22. The third kappa shape index (κ3) is 4.18. The topological polar surface area (TPSA) is 108 Å². The largest absolute Gasteiger partial charge is 0.455 e. The Balaban J connectivity index is 2.90. The van der Waals surface area contributed by atoms with E-state index in [-0.39, 0.29) is 0 Å². The van der Waals surface area contributed by atoms with Crippen LogP contribution in [0.3, 0.4) is 0 Å². The van der Waals surface area contributed by atoms with Gasteiger partial charge in [0, 0.05) is 20.8 Å². The van der Waals surface area contributed by atoms with Crippen LogP contribution in [-0.4, -0.2) is 54.2 Å². The van der Waals surface area contributed by atoms with Gasteiger partial charge in [-0.1, -0.05) is 0 Å². The van der Waals surface area contributed by atoms with Gasteiger partial charge in [0.05, 0.1) is 6.61 Å². The normalized spacial score (nSPS) is 29.7. The zero-order valence-electron chi connectivity index (χ0n) is 10.8. The van der Waals surface area contributed by atoms with Crippen molar-refractivity contribution in [3.05, 3.63) is 0 Å². The first kappa shape index (κ1) is 15.4. The Bertz CT molecular complexity index is 366. The Morgan fingerprint density at radius 3 is 1.84 bits per heavy atom. The minimum Gasteiger partial charge on any atom is -0.455 e. The molecule has 8 nitrogen and oxygen atoms in total. The molecule has 8 heteroatoms. The van der Waals surface area contributed by atoms with Gasteiger partial charge in [-0.05, 0) is 0 Å². The van der Waals surface area contributed by atoms with Crippen molar-refractivity contribution in [1.82, 2.24) is 0 Å².